The summed E-state index contributed by atoms with van der Waals surface area (Å²) >= 11 is 0. The van der Waals surface area contributed by atoms with Gasteiger partial charge in [-0.1, -0.05) is 35.9 Å². The number of pyridine rings is 1. The molecule has 0 unspecified atom stereocenters. The van der Waals surface area contributed by atoms with Crippen LogP contribution in [-0.2, 0) is 0 Å². The number of hydrogen-bond donors (Lipinski definition) is 0. The van der Waals surface area contributed by atoms with Gasteiger partial charge in [-0.3, -0.25) is 14.3 Å². The summed E-state index contributed by atoms with van der Waals surface area (Å²) in [6.07, 6.45) is 5.08. The Morgan fingerprint density at radius 1 is 0.853 bits per heavy atom. The predicted molar refractivity (Wildman–Crippen MR) is 133 cm³/mol. The lowest BCUT2D eigenvalue weighted by atomic mass is 10.2. The molecule has 0 bridgehead atoms. The fraction of sp³-hybridized carbons (Fsp3) is 0.0769. The molecular formula is C26H19N7O. The Balaban J connectivity index is 1.71. The van der Waals surface area contributed by atoms with Crippen molar-refractivity contribution in [2.24, 2.45) is 5.10 Å². The van der Waals surface area contributed by atoms with Crippen LogP contribution in [0.4, 0.5) is 0 Å². The van der Waals surface area contributed by atoms with Crippen LogP contribution in [0.2, 0.25) is 0 Å². The molecule has 0 saturated carbocycles. The molecule has 34 heavy (non-hydrogen) atoms. The van der Waals surface area contributed by atoms with Gasteiger partial charge in [0.15, 0.2) is 11.3 Å². The lowest BCUT2D eigenvalue weighted by Crippen LogP contribution is -2.22. The maximum Gasteiger partial charge on any atom is 0.269 e. The zero-order valence-electron chi connectivity index (χ0n) is 18.5. The first-order valence-corrected chi connectivity index (χ1v) is 10.8. The van der Waals surface area contributed by atoms with E-state index in [1.807, 2.05) is 74.5 Å². The summed E-state index contributed by atoms with van der Waals surface area (Å²) in [5, 5.41) is 5.01. The van der Waals surface area contributed by atoms with Gasteiger partial charge in [-0.05, 0) is 44.2 Å². The number of rotatable bonds is 3. The Morgan fingerprint density at radius 2 is 1.62 bits per heavy atom. The average Bonchev–Trinajstić information content (AvgIpc) is 3.15. The monoisotopic (exact) mass is 445 g/mol. The van der Waals surface area contributed by atoms with Gasteiger partial charge in [-0.15, -0.1) is 0 Å². The number of nitrogens with zero attached hydrogens (tertiary/aromatic N) is 7. The van der Waals surface area contributed by atoms with Gasteiger partial charge >= 0.3 is 0 Å². The van der Waals surface area contributed by atoms with Gasteiger partial charge in [0.2, 0.25) is 0 Å². The van der Waals surface area contributed by atoms with Gasteiger partial charge in [-0.25, -0.2) is 15.0 Å². The molecule has 0 aliphatic rings. The summed E-state index contributed by atoms with van der Waals surface area (Å²) in [4.78, 5) is 32.4. The van der Waals surface area contributed by atoms with Gasteiger partial charge in [-0.2, -0.15) is 9.78 Å². The molecule has 0 saturated heterocycles. The molecule has 0 fully saturated rings. The molecular weight excluding hydrogens is 426 g/mol. The van der Waals surface area contributed by atoms with Crippen LogP contribution in [0.25, 0.3) is 38.9 Å². The fourth-order valence-electron chi connectivity index (χ4n) is 4.06. The smallest absolute Gasteiger partial charge is 0.268 e. The van der Waals surface area contributed by atoms with Crippen LogP contribution in [0.5, 0.6) is 0 Å². The minimum absolute atomic E-state index is 0.212. The highest BCUT2D eigenvalue weighted by atomic mass is 16.1. The van der Waals surface area contributed by atoms with Crippen molar-refractivity contribution in [1.29, 1.82) is 0 Å². The Hall–Kier alpha value is -4.72. The fourth-order valence-corrected chi connectivity index (χ4v) is 4.06. The van der Waals surface area contributed by atoms with Crippen molar-refractivity contribution in [3.63, 3.8) is 0 Å². The zero-order chi connectivity index (χ0) is 23.2. The molecule has 0 N–H and O–H groups in total. The van der Waals surface area contributed by atoms with Crippen LogP contribution >= 0.6 is 0 Å². The van der Waals surface area contributed by atoms with E-state index in [0.29, 0.717) is 39.1 Å². The number of hydrogen-bond acceptors (Lipinski definition) is 6. The van der Waals surface area contributed by atoms with Gasteiger partial charge < -0.3 is 0 Å². The molecule has 0 aliphatic heterocycles. The first kappa shape index (κ1) is 19.9. The van der Waals surface area contributed by atoms with Crippen molar-refractivity contribution in [3.8, 4) is 5.69 Å². The van der Waals surface area contributed by atoms with Gasteiger partial charge in [0.25, 0.3) is 5.56 Å². The standard InChI is InChI=1S/C26H19N7O/c1-16-9-11-19(12-10-16)32-17(2)29-24-22(26(32)34)23-25(31-21-8-4-3-7-20(21)30-23)33(24)28-15-18-6-5-13-27-14-18/h3-15H,1-2H3. The first-order valence-electron chi connectivity index (χ1n) is 10.8. The van der Waals surface area contributed by atoms with Crippen molar-refractivity contribution < 1.29 is 0 Å². The van der Waals surface area contributed by atoms with Crippen LogP contribution in [0.1, 0.15) is 17.0 Å². The second-order valence-electron chi connectivity index (χ2n) is 8.06. The largest absolute Gasteiger partial charge is 0.269 e. The molecule has 2 aromatic carbocycles. The molecule has 0 atom stereocenters. The van der Waals surface area contributed by atoms with E-state index >= 15 is 0 Å². The molecule has 0 aliphatic carbocycles. The summed E-state index contributed by atoms with van der Waals surface area (Å²) in [6, 6.07) is 19.1. The molecule has 8 nitrogen and oxygen atoms in total. The highest BCUT2D eigenvalue weighted by Crippen LogP contribution is 2.26. The maximum atomic E-state index is 13.9. The predicted octanol–water partition coefficient (Wildman–Crippen LogP) is 4.18. The summed E-state index contributed by atoms with van der Waals surface area (Å²) in [6.45, 7) is 3.82. The Labute approximate surface area is 193 Å². The summed E-state index contributed by atoms with van der Waals surface area (Å²) < 4.78 is 3.19. The molecule has 4 aromatic heterocycles. The van der Waals surface area contributed by atoms with E-state index in [9.17, 15) is 4.79 Å². The van der Waals surface area contributed by atoms with E-state index in [0.717, 1.165) is 16.8 Å². The molecule has 164 valence electrons. The minimum atomic E-state index is -0.212. The third-order valence-electron chi connectivity index (χ3n) is 5.72. The van der Waals surface area contributed by atoms with Crippen LogP contribution in [-0.4, -0.2) is 35.4 Å². The topological polar surface area (TPSA) is 90.8 Å². The molecule has 0 spiro atoms. The lowest BCUT2D eigenvalue weighted by molar-refractivity contribution is 0.865. The van der Waals surface area contributed by atoms with Gasteiger partial charge in [0.05, 0.1) is 22.9 Å². The quantitative estimate of drug-likeness (QED) is 0.381. The number of para-hydroxylation sites is 2. The Kier molecular flexibility index (Phi) is 4.51. The molecule has 4 heterocycles. The van der Waals surface area contributed by atoms with Crippen LogP contribution in [0.3, 0.4) is 0 Å². The second-order valence-corrected chi connectivity index (χ2v) is 8.06. The van der Waals surface area contributed by atoms with Crippen LogP contribution < -0.4 is 5.56 Å². The third-order valence-corrected chi connectivity index (χ3v) is 5.72. The SMILES string of the molecule is Cc1ccc(-n2c(C)nc3c(c2=O)c2nc4ccccc4nc2n3N=Cc2cccnc2)cc1. The van der Waals surface area contributed by atoms with Crippen LogP contribution in [0, 0.1) is 13.8 Å². The normalized spacial score (nSPS) is 11.8. The van der Waals surface area contributed by atoms with Crippen LogP contribution in [0.15, 0.2) is 83.0 Å². The van der Waals surface area contributed by atoms with Crippen molar-refractivity contribution in [1.82, 2.24) is 29.2 Å². The van der Waals surface area contributed by atoms with E-state index in [1.54, 1.807) is 27.9 Å². The molecule has 0 radical (unpaired) electrons. The van der Waals surface area contributed by atoms with Crippen molar-refractivity contribution in [2.75, 3.05) is 0 Å². The Morgan fingerprint density at radius 3 is 2.35 bits per heavy atom. The van der Waals surface area contributed by atoms with E-state index < -0.39 is 0 Å². The first-order chi connectivity index (χ1) is 16.6. The highest BCUT2D eigenvalue weighted by molar-refractivity contribution is 6.05. The maximum absolute atomic E-state index is 13.9. The number of benzene rings is 2. The molecule has 8 heteroatoms. The number of fused-ring (bicyclic) bond motifs is 4. The van der Waals surface area contributed by atoms with E-state index in [1.165, 1.54) is 0 Å². The molecule has 6 rings (SSSR count). The summed E-state index contributed by atoms with van der Waals surface area (Å²) in [5.41, 5.74) is 5.23. The second kappa shape index (κ2) is 7.70. The van der Waals surface area contributed by atoms with E-state index in [2.05, 4.69) is 10.1 Å². The van der Waals surface area contributed by atoms with Gasteiger partial charge in [0, 0.05) is 18.0 Å². The van der Waals surface area contributed by atoms with Crippen molar-refractivity contribution in [2.45, 2.75) is 13.8 Å². The third kappa shape index (κ3) is 3.15. The lowest BCUT2D eigenvalue weighted by Gasteiger charge is -2.10. The van der Waals surface area contributed by atoms with Gasteiger partial charge in [0.1, 0.15) is 16.7 Å². The van der Waals surface area contributed by atoms with E-state index in [4.69, 9.17) is 15.0 Å². The van der Waals surface area contributed by atoms with E-state index in [-0.39, 0.29) is 5.56 Å². The summed E-state index contributed by atoms with van der Waals surface area (Å²) in [7, 11) is 0. The number of aryl methyl sites for hydroxylation is 2. The molecule has 0 amide bonds. The minimum Gasteiger partial charge on any atom is -0.268 e. The average molecular weight is 445 g/mol. The zero-order valence-corrected chi connectivity index (χ0v) is 18.5. The highest BCUT2D eigenvalue weighted by Gasteiger charge is 2.21. The van der Waals surface area contributed by atoms with Crippen molar-refractivity contribution in [3.05, 3.63) is 100 Å². The van der Waals surface area contributed by atoms with Crippen molar-refractivity contribution >= 4 is 39.4 Å². The molecule has 6 aromatic rings. The number of aromatic nitrogens is 6. The Bertz CT molecular complexity index is 1780. The summed E-state index contributed by atoms with van der Waals surface area (Å²) in [5.74, 6) is 0.548.